The van der Waals surface area contributed by atoms with Gasteiger partial charge in [-0.15, -0.1) is 0 Å². The average molecular weight is 294 g/mol. The minimum absolute atomic E-state index is 0.0125. The maximum Gasteiger partial charge on any atom is 0.254 e. The highest BCUT2D eigenvalue weighted by Crippen LogP contribution is 2.24. The zero-order valence-electron chi connectivity index (χ0n) is 12.0. The van der Waals surface area contributed by atoms with Gasteiger partial charge in [-0.2, -0.15) is 0 Å². The van der Waals surface area contributed by atoms with Crippen molar-refractivity contribution >= 4 is 23.3 Å². The monoisotopic (exact) mass is 293 g/mol. The highest BCUT2D eigenvalue weighted by atomic mass is 35.5. The van der Waals surface area contributed by atoms with Gasteiger partial charge in [-0.1, -0.05) is 11.6 Å². The van der Waals surface area contributed by atoms with Crippen LogP contribution in [0.15, 0.2) is 18.2 Å². The summed E-state index contributed by atoms with van der Waals surface area (Å²) in [4.78, 5) is 25.9. The van der Waals surface area contributed by atoms with Crippen LogP contribution in [0.4, 0.5) is 0 Å². The lowest BCUT2D eigenvalue weighted by atomic mass is 9.96. The molecular weight excluding hydrogens is 274 g/mol. The quantitative estimate of drug-likeness (QED) is 0.853. The van der Waals surface area contributed by atoms with E-state index in [0.717, 1.165) is 31.4 Å². The van der Waals surface area contributed by atoms with Gasteiger partial charge < -0.3 is 4.90 Å². The number of halogens is 1. The summed E-state index contributed by atoms with van der Waals surface area (Å²) in [5.74, 6) is 0.124. The van der Waals surface area contributed by atoms with Crippen LogP contribution in [0, 0.1) is 6.92 Å². The number of piperidine rings is 1. The fourth-order valence-electron chi connectivity index (χ4n) is 2.84. The fourth-order valence-corrected chi connectivity index (χ4v) is 3.13. The normalized spacial score (nSPS) is 18.9. The number of amides is 1. The van der Waals surface area contributed by atoms with E-state index in [2.05, 4.69) is 0 Å². The molecule has 108 valence electrons. The molecule has 2 rings (SSSR count). The van der Waals surface area contributed by atoms with Gasteiger partial charge in [-0.05, 0) is 56.9 Å². The van der Waals surface area contributed by atoms with E-state index in [1.54, 1.807) is 13.0 Å². The maximum atomic E-state index is 12.7. The molecular formula is C16H20ClNO2. The largest absolute Gasteiger partial charge is 0.335 e. The Balaban J connectivity index is 2.22. The first-order valence-electron chi connectivity index (χ1n) is 7.05. The number of Topliss-reactive ketones (excluding diaryl/α,β-unsaturated/α-hetero) is 1. The van der Waals surface area contributed by atoms with Gasteiger partial charge in [0.05, 0.1) is 0 Å². The van der Waals surface area contributed by atoms with Gasteiger partial charge in [-0.3, -0.25) is 9.59 Å². The van der Waals surface area contributed by atoms with Crippen LogP contribution in [0.2, 0.25) is 5.02 Å². The highest BCUT2D eigenvalue weighted by molar-refractivity contribution is 6.31. The highest BCUT2D eigenvalue weighted by Gasteiger charge is 2.28. The second-order valence-electron chi connectivity index (χ2n) is 5.57. The molecule has 1 saturated heterocycles. The zero-order chi connectivity index (χ0) is 14.7. The minimum Gasteiger partial charge on any atom is -0.335 e. The molecule has 4 heteroatoms. The summed E-state index contributed by atoms with van der Waals surface area (Å²) >= 11 is 6.03. The molecule has 0 aliphatic carbocycles. The first-order valence-corrected chi connectivity index (χ1v) is 7.43. The van der Waals surface area contributed by atoms with Crippen LogP contribution in [-0.4, -0.2) is 29.2 Å². The molecule has 0 bridgehead atoms. The Morgan fingerprint density at radius 3 is 2.70 bits per heavy atom. The Morgan fingerprint density at radius 2 is 2.05 bits per heavy atom. The Labute approximate surface area is 124 Å². The van der Waals surface area contributed by atoms with Crippen molar-refractivity contribution in [1.82, 2.24) is 4.90 Å². The van der Waals surface area contributed by atoms with Crippen molar-refractivity contribution in [3.63, 3.8) is 0 Å². The summed E-state index contributed by atoms with van der Waals surface area (Å²) in [7, 11) is 0. The van der Waals surface area contributed by atoms with Crippen LogP contribution in [0.5, 0.6) is 0 Å². The Hall–Kier alpha value is -1.35. The lowest BCUT2D eigenvalue weighted by molar-refractivity contribution is -0.118. The molecule has 0 saturated carbocycles. The van der Waals surface area contributed by atoms with Gasteiger partial charge in [-0.25, -0.2) is 0 Å². The molecule has 0 spiro atoms. The number of hydrogen-bond acceptors (Lipinski definition) is 2. The maximum absolute atomic E-state index is 12.7. The molecule has 3 nitrogen and oxygen atoms in total. The number of benzene rings is 1. The van der Waals surface area contributed by atoms with Gasteiger partial charge in [0.25, 0.3) is 5.91 Å². The second kappa shape index (κ2) is 6.40. The molecule has 1 fully saturated rings. The van der Waals surface area contributed by atoms with Gasteiger partial charge >= 0.3 is 0 Å². The van der Waals surface area contributed by atoms with Crippen LogP contribution >= 0.6 is 11.6 Å². The van der Waals surface area contributed by atoms with Crippen LogP contribution in [0.3, 0.4) is 0 Å². The molecule has 1 aromatic rings. The van der Waals surface area contributed by atoms with Crippen molar-refractivity contribution in [2.24, 2.45) is 0 Å². The number of likely N-dealkylation sites (tertiary alicyclic amines) is 1. The molecule has 0 aromatic heterocycles. The number of aryl methyl sites for hydroxylation is 1. The second-order valence-corrected chi connectivity index (χ2v) is 6.01. The molecule has 1 atom stereocenters. The lowest BCUT2D eigenvalue weighted by Crippen LogP contribution is -2.44. The van der Waals surface area contributed by atoms with Crippen LogP contribution in [0.1, 0.15) is 48.5 Å². The van der Waals surface area contributed by atoms with E-state index >= 15 is 0 Å². The third kappa shape index (κ3) is 3.60. The smallest absolute Gasteiger partial charge is 0.254 e. The van der Waals surface area contributed by atoms with E-state index < -0.39 is 0 Å². The zero-order valence-corrected chi connectivity index (χ0v) is 12.7. The standard InChI is InChI=1S/C16H20ClNO2/c1-11-7-13(10-14(17)8-11)16(20)18-6-4-3-5-15(18)9-12(2)19/h7-8,10,15H,3-6,9H2,1-2H3. The number of nitrogens with zero attached hydrogens (tertiary/aromatic N) is 1. The summed E-state index contributed by atoms with van der Waals surface area (Å²) in [5.41, 5.74) is 1.59. The number of hydrogen-bond donors (Lipinski definition) is 0. The molecule has 0 radical (unpaired) electrons. The topological polar surface area (TPSA) is 37.4 Å². The van der Waals surface area contributed by atoms with E-state index in [9.17, 15) is 9.59 Å². The third-order valence-electron chi connectivity index (χ3n) is 3.70. The van der Waals surface area contributed by atoms with Crippen LogP contribution in [-0.2, 0) is 4.79 Å². The third-order valence-corrected chi connectivity index (χ3v) is 3.92. The minimum atomic E-state index is -0.0125. The van der Waals surface area contributed by atoms with Crippen molar-refractivity contribution in [2.75, 3.05) is 6.54 Å². The summed E-state index contributed by atoms with van der Waals surface area (Å²) < 4.78 is 0. The number of ketones is 1. The van der Waals surface area contributed by atoms with Crippen molar-refractivity contribution < 1.29 is 9.59 Å². The Bertz CT molecular complexity index is 507. The number of carbonyl (C=O) groups is 2. The predicted octanol–water partition coefficient (Wildman–Crippen LogP) is 3.62. The first-order chi connectivity index (χ1) is 9.47. The van der Waals surface area contributed by atoms with Crippen molar-refractivity contribution in [3.05, 3.63) is 34.3 Å². The number of rotatable bonds is 3. The molecule has 1 aliphatic heterocycles. The molecule has 20 heavy (non-hydrogen) atoms. The summed E-state index contributed by atoms with van der Waals surface area (Å²) in [6.45, 7) is 4.23. The Morgan fingerprint density at radius 1 is 1.30 bits per heavy atom. The molecule has 1 unspecified atom stereocenters. The van der Waals surface area contributed by atoms with Crippen molar-refractivity contribution in [1.29, 1.82) is 0 Å². The van der Waals surface area contributed by atoms with E-state index in [-0.39, 0.29) is 17.7 Å². The van der Waals surface area contributed by atoms with Crippen LogP contribution < -0.4 is 0 Å². The van der Waals surface area contributed by atoms with Gasteiger partial charge in [0, 0.05) is 29.6 Å². The van der Waals surface area contributed by atoms with E-state index in [0.29, 0.717) is 17.0 Å². The number of carbonyl (C=O) groups excluding carboxylic acids is 2. The summed E-state index contributed by atoms with van der Waals surface area (Å²) in [5, 5.41) is 0.577. The van der Waals surface area contributed by atoms with E-state index in [1.807, 2.05) is 24.0 Å². The predicted molar refractivity (Wildman–Crippen MR) is 80.2 cm³/mol. The molecule has 1 amide bonds. The van der Waals surface area contributed by atoms with Gasteiger partial charge in [0.15, 0.2) is 0 Å². The summed E-state index contributed by atoms with van der Waals surface area (Å²) in [6.07, 6.45) is 3.44. The molecule has 1 aliphatic rings. The van der Waals surface area contributed by atoms with Crippen molar-refractivity contribution in [2.45, 2.75) is 45.6 Å². The van der Waals surface area contributed by atoms with E-state index in [4.69, 9.17) is 11.6 Å². The average Bonchev–Trinajstić information content (AvgIpc) is 2.36. The molecule has 1 heterocycles. The lowest BCUT2D eigenvalue weighted by Gasteiger charge is -2.35. The van der Waals surface area contributed by atoms with E-state index in [1.165, 1.54) is 0 Å². The summed E-state index contributed by atoms with van der Waals surface area (Å²) in [6, 6.07) is 5.43. The molecule has 0 N–H and O–H groups in total. The molecule has 1 aromatic carbocycles. The Kier molecular flexibility index (Phi) is 4.81. The SMILES string of the molecule is CC(=O)CC1CCCCN1C(=O)c1cc(C)cc(Cl)c1. The van der Waals surface area contributed by atoms with Gasteiger partial charge in [0.2, 0.25) is 0 Å². The van der Waals surface area contributed by atoms with Gasteiger partial charge in [0.1, 0.15) is 5.78 Å². The van der Waals surface area contributed by atoms with Crippen molar-refractivity contribution in [3.8, 4) is 0 Å². The van der Waals surface area contributed by atoms with Crippen LogP contribution in [0.25, 0.3) is 0 Å². The first kappa shape index (κ1) is 15.0. The fraction of sp³-hybridized carbons (Fsp3) is 0.500.